The van der Waals surface area contributed by atoms with E-state index in [1.807, 2.05) is 18.7 Å². The number of rotatable bonds is 3. The van der Waals surface area contributed by atoms with Crippen molar-refractivity contribution in [3.63, 3.8) is 0 Å². The summed E-state index contributed by atoms with van der Waals surface area (Å²) < 4.78 is 0. The molecule has 3 nitrogen and oxygen atoms in total. The zero-order valence-corrected chi connectivity index (χ0v) is 12.5. The van der Waals surface area contributed by atoms with Gasteiger partial charge < -0.3 is 4.90 Å². The van der Waals surface area contributed by atoms with Crippen molar-refractivity contribution in [2.24, 2.45) is 11.8 Å². The summed E-state index contributed by atoms with van der Waals surface area (Å²) in [6, 6.07) is 0. The van der Waals surface area contributed by atoms with Crippen LogP contribution in [0.1, 0.15) is 41.5 Å². The van der Waals surface area contributed by atoms with Gasteiger partial charge in [-0.15, -0.1) is 0 Å². The van der Waals surface area contributed by atoms with Gasteiger partial charge in [0.25, 0.3) is 0 Å². The van der Waals surface area contributed by atoms with E-state index in [-0.39, 0.29) is 5.91 Å². The fraction of sp³-hybridized carbons (Fsp3) is 0.929. The van der Waals surface area contributed by atoms with E-state index in [1.165, 1.54) is 6.54 Å². The van der Waals surface area contributed by atoms with Crippen molar-refractivity contribution in [3.8, 4) is 0 Å². The third-order valence-electron chi connectivity index (χ3n) is 3.50. The maximum atomic E-state index is 11.1. The number of piperazine rings is 1. The predicted molar refractivity (Wildman–Crippen MR) is 74.0 cm³/mol. The highest BCUT2D eigenvalue weighted by atomic mass is 16.2. The Bertz CT molecular complexity index is 208. The maximum absolute atomic E-state index is 11.1. The van der Waals surface area contributed by atoms with Gasteiger partial charge in [-0.05, 0) is 11.8 Å². The molecule has 102 valence electrons. The molecule has 0 spiro atoms. The second-order valence-corrected chi connectivity index (χ2v) is 5.03. The lowest BCUT2D eigenvalue weighted by atomic mass is 9.97. The molecule has 0 radical (unpaired) electrons. The van der Waals surface area contributed by atoms with Gasteiger partial charge in [0.1, 0.15) is 0 Å². The molecule has 0 aromatic rings. The Morgan fingerprint density at radius 3 is 1.88 bits per heavy atom. The van der Waals surface area contributed by atoms with Gasteiger partial charge in [-0.2, -0.15) is 0 Å². The number of nitrogens with zero attached hydrogens (tertiary/aromatic N) is 2. The first kappa shape index (κ1) is 16.4. The highest BCUT2D eigenvalue weighted by Gasteiger charge is 2.20. The lowest BCUT2D eigenvalue weighted by Crippen LogP contribution is -2.49. The molecule has 1 atom stereocenters. The van der Waals surface area contributed by atoms with Crippen molar-refractivity contribution in [1.29, 1.82) is 0 Å². The molecule has 1 saturated heterocycles. The first-order valence-electron chi connectivity index (χ1n) is 6.98. The average Bonchev–Trinajstić information content (AvgIpc) is 2.32. The van der Waals surface area contributed by atoms with Crippen LogP contribution in [0.2, 0.25) is 0 Å². The first-order valence-corrected chi connectivity index (χ1v) is 6.98. The second-order valence-electron chi connectivity index (χ2n) is 5.03. The van der Waals surface area contributed by atoms with Gasteiger partial charge in [-0.25, -0.2) is 0 Å². The molecule has 1 amide bonds. The van der Waals surface area contributed by atoms with Crippen LogP contribution in [0.4, 0.5) is 0 Å². The van der Waals surface area contributed by atoms with Crippen LogP contribution in [0.3, 0.4) is 0 Å². The van der Waals surface area contributed by atoms with Crippen LogP contribution < -0.4 is 0 Å². The molecule has 0 bridgehead atoms. The van der Waals surface area contributed by atoms with Crippen molar-refractivity contribution >= 4 is 5.91 Å². The Balaban J connectivity index is 0.00000121. The molecule has 1 aliphatic heterocycles. The number of carbonyl (C=O) groups excluding carboxylic acids is 1. The Kier molecular flexibility index (Phi) is 8.23. The molecule has 3 heteroatoms. The van der Waals surface area contributed by atoms with Crippen molar-refractivity contribution < 1.29 is 4.79 Å². The summed E-state index contributed by atoms with van der Waals surface area (Å²) in [6.45, 7) is 17.6. The standard InChI is InChI=1S/C12H24N2O.C2H6/c1-10(2)11(3)9-13-5-7-14(8-6-13)12(4)15;1-2/h10-11H,5-9H2,1-4H3;1-2H3. The molecule has 0 saturated carbocycles. The van der Waals surface area contributed by atoms with Crippen molar-refractivity contribution in [2.45, 2.75) is 41.5 Å². The lowest BCUT2D eigenvalue weighted by Gasteiger charge is -2.36. The number of carbonyl (C=O) groups is 1. The second kappa shape index (κ2) is 8.51. The number of hydrogen-bond acceptors (Lipinski definition) is 2. The van der Waals surface area contributed by atoms with Gasteiger partial charge in [0, 0.05) is 39.6 Å². The van der Waals surface area contributed by atoms with E-state index < -0.39 is 0 Å². The molecule has 1 heterocycles. The molecule has 17 heavy (non-hydrogen) atoms. The topological polar surface area (TPSA) is 23.6 Å². The molecular weight excluding hydrogens is 212 g/mol. The van der Waals surface area contributed by atoms with Gasteiger partial charge in [0.2, 0.25) is 5.91 Å². The molecule has 0 aromatic heterocycles. The van der Waals surface area contributed by atoms with Crippen LogP contribution in [-0.2, 0) is 4.79 Å². The predicted octanol–water partition coefficient (Wildman–Crippen LogP) is 2.47. The Morgan fingerprint density at radius 2 is 1.53 bits per heavy atom. The van der Waals surface area contributed by atoms with Gasteiger partial charge in [-0.3, -0.25) is 9.69 Å². The molecule has 1 aliphatic rings. The van der Waals surface area contributed by atoms with Gasteiger partial charge in [0.05, 0.1) is 0 Å². The maximum Gasteiger partial charge on any atom is 0.219 e. The van der Waals surface area contributed by atoms with E-state index >= 15 is 0 Å². The smallest absolute Gasteiger partial charge is 0.219 e. The third-order valence-corrected chi connectivity index (χ3v) is 3.50. The largest absolute Gasteiger partial charge is 0.340 e. The Labute approximate surface area is 107 Å². The highest BCUT2D eigenvalue weighted by molar-refractivity contribution is 5.73. The average molecular weight is 242 g/mol. The number of amides is 1. The van der Waals surface area contributed by atoms with E-state index in [2.05, 4.69) is 25.7 Å². The van der Waals surface area contributed by atoms with Gasteiger partial charge in [-0.1, -0.05) is 34.6 Å². The molecule has 0 aliphatic carbocycles. The number of hydrogen-bond donors (Lipinski definition) is 0. The Hall–Kier alpha value is -0.570. The van der Waals surface area contributed by atoms with E-state index in [0.29, 0.717) is 0 Å². The monoisotopic (exact) mass is 242 g/mol. The van der Waals surface area contributed by atoms with Crippen molar-refractivity contribution in [3.05, 3.63) is 0 Å². The minimum Gasteiger partial charge on any atom is -0.340 e. The summed E-state index contributed by atoms with van der Waals surface area (Å²) in [6.07, 6.45) is 0. The molecule has 1 unspecified atom stereocenters. The minimum absolute atomic E-state index is 0.214. The van der Waals surface area contributed by atoms with E-state index in [1.54, 1.807) is 6.92 Å². The lowest BCUT2D eigenvalue weighted by molar-refractivity contribution is -0.130. The Morgan fingerprint density at radius 1 is 1.06 bits per heavy atom. The normalized spacial score (nSPS) is 18.6. The summed E-state index contributed by atoms with van der Waals surface area (Å²) >= 11 is 0. The van der Waals surface area contributed by atoms with Crippen LogP contribution in [0.15, 0.2) is 0 Å². The summed E-state index contributed by atoms with van der Waals surface area (Å²) in [5.74, 6) is 1.70. The van der Waals surface area contributed by atoms with Crippen LogP contribution in [0.25, 0.3) is 0 Å². The first-order chi connectivity index (χ1) is 8.00. The van der Waals surface area contributed by atoms with Crippen LogP contribution in [-0.4, -0.2) is 48.4 Å². The zero-order valence-electron chi connectivity index (χ0n) is 12.5. The van der Waals surface area contributed by atoms with E-state index in [4.69, 9.17) is 0 Å². The van der Waals surface area contributed by atoms with E-state index in [9.17, 15) is 4.79 Å². The molecule has 0 aromatic carbocycles. The fourth-order valence-corrected chi connectivity index (χ4v) is 1.86. The summed E-state index contributed by atoms with van der Waals surface area (Å²) in [4.78, 5) is 15.6. The van der Waals surface area contributed by atoms with Crippen LogP contribution in [0, 0.1) is 11.8 Å². The third kappa shape index (κ3) is 6.06. The van der Waals surface area contributed by atoms with Crippen molar-refractivity contribution in [2.75, 3.05) is 32.7 Å². The molecular formula is C14H30N2O. The summed E-state index contributed by atoms with van der Waals surface area (Å²) in [7, 11) is 0. The quantitative estimate of drug-likeness (QED) is 0.759. The SMILES string of the molecule is CC.CC(=O)N1CCN(CC(C)C(C)C)CC1. The van der Waals surface area contributed by atoms with Crippen molar-refractivity contribution in [1.82, 2.24) is 9.80 Å². The summed E-state index contributed by atoms with van der Waals surface area (Å²) in [5.41, 5.74) is 0. The summed E-state index contributed by atoms with van der Waals surface area (Å²) in [5, 5.41) is 0. The van der Waals surface area contributed by atoms with E-state index in [0.717, 1.165) is 38.0 Å². The minimum atomic E-state index is 0.214. The fourth-order valence-electron chi connectivity index (χ4n) is 1.86. The zero-order chi connectivity index (χ0) is 13.4. The molecule has 1 rings (SSSR count). The van der Waals surface area contributed by atoms with Gasteiger partial charge >= 0.3 is 0 Å². The van der Waals surface area contributed by atoms with Crippen LogP contribution >= 0.6 is 0 Å². The molecule has 0 N–H and O–H groups in total. The highest BCUT2D eigenvalue weighted by Crippen LogP contribution is 2.13. The van der Waals surface area contributed by atoms with Crippen LogP contribution in [0.5, 0.6) is 0 Å². The van der Waals surface area contributed by atoms with Gasteiger partial charge in [0.15, 0.2) is 0 Å². The molecule has 1 fully saturated rings.